The van der Waals surface area contributed by atoms with E-state index >= 15 is 0 Å². The van der Waals surface area contributed by atoms with E-state index in [0.29, 0.717) is 0 Å². The molecule has 1 aromatic heterocycles. The third-order valence-corrected chi connectivity index (χ3v) is 3.15. The van der Waals surface area contributed by atoms with E-state index in [1.165, 1.54) is 11.1 Å². The molecule has 0 aliphatic carbocycles. The van der Waals surface area contributed by atoms with Gasteiger partial charge in [0, 0.05) is 12.4 Å². The smallest absolute Gasteiger partial charge is 0.0567 e. The predicted molar refractivity (Wildman–Crippen MR) is 70.9 cm³/mol. The number of aromatic nitrogens is 1. The van der Waals surface area contributed by atoms with Crippen molar-refractivity contribution in [2.45, 2.75) is 26.8 Å². The first-order valence-corrected chi connectivity index (χ1v) is 5.82. The normalized spacial score (nSPS) is 12.5. The number of rotatable bonds is 2. The third-order valence-electron chi connectivity index (χ3n) is 3.15. The van der Waals surface area contributed by atoms with E-state index in [9.17, 15) is 0 Å². The van der Waals surface area contributed by atoms with Crippen LogP contribution in [0, 0.1) is 20.8 Å². The second-order valence-electron chi connectivity index (χ2n) is 4.62. The molecule has 2 N–H and O–H groups in total. The molecule has 0 saturated heterocycles. The summed E-state index contributed by atoms with van der Waals surface area (Å²) in [5.74, 6) is 0. The molecule has 0 fully saturated rings. The van der Waals surface area contributed by atoms with Crippen LogP contribution in [0.1, 0.15) is 33.9 Å². The zero-order valence-electron chi connectivity index (χ0n) is 10.6. The van der Waals surface area contributed by atoms with Crippen LogP contribution in [-0.2, 0) is 0 Å². The summed E-state index contributed by atoms with van der Waals surface area (Å²) in [5.41, 5.74) is 12.2. The molecule has 88 valence electrons. The van der Waals surface area contributed by atoms with Gasteiger partial charge in [0.1, 0.15) is 0 Å². The van der Waals surface area contributed by atoms with Crippen LogP contribution < -0.4 is 5.73 Å². The lowest BCUT2D eigenvalue weighted by atomic mass is 9.97. The van der Waals surface area contributed by atoms with Crippen molar-refractivity contribution in [2.24, 2.45) is 5.73 Å². The maximum atomic E-state index is 6.26. The minimum absolute atomic E-state index is 0.0956. The van der Waals surface area contributed by atoms with Gasteiger partial charge in [-0.05, 0) is 48.6 Å². The standard InChI is InChI=1S/C15H18N2/c1-10-6-14(9-17-8-10)15(16)13-5-4-11(2)12(3)7-13/h4-9,15H,16H2,1-3H3. The Morgan fingerprint density at radius 3 is 2.35 bits per heavy atom. The highest BCUT2D eigenvalue weighted by atomic mass is 14.7. The summed E-state index contributed by atoms with van der Waals surface area (Å²) < 4.78 is 0. The fourth-order valence-electron chi connectivity index (χ4n) is 1.90. The number of nitrogens with two attached hydrogens (primary N) is 1. The van der Waals surface area contributed by atoms with E-state index in [1.807, 2.05) is 19.3 Å². The van der Waals surface area contributed by atoms with Gasteiger partial charge in [-0.1, -0.05) is 24.3 Å². The van der Waals surface area contributed by atoms with Crippen molar-refractivity contribution in [1.29, 1.82) is 0 Å². The van der Waals surface area contributed by atoms with Crippen molar-refractivity contribution in [2.75, 3.05) is 0 Å². The molecule has 0 spiro atoms. The van der Waals surface area contributed by atoms with Crippen molar-refractivity contribution >= 4 is 0 Å². The average Bonchev–Trinajstić information content (AvgIpc) is 2.32. The highest BCUT2D eigenvalue weighted by Crippen LogP contribution is 2.21. The molecule has 1 unspecified atom stereocenters. The molecule has 2 rings (SSSR count). The number of benzene rings is 1. The van der Waals surface area contributed by atoms with Crippen LogP contribution in [0.25, 0.3) is 0 Å². The van der Waals surface area contributed by atoms with E-state index in [1.54, 1.807) is 0 Å². The van der Waals surface area contributed by atoms with Crippen LogP contribution in [0.3, 0.4) is 0 Å². The van der Waals surface area contributed by atoms with Crippen LogP contribution >= 0.6 is 0 Å². The van der Waals surface area contributed by atoms with E-state index in [-0.39, 0.29) is 6.04 Å². The first kappa shape index (κ1) is 11.8. The van der Waals surface area contributed by atoms with Gasteiger partial charge < -0.3 is 5.73 Å². The monoisotopic (exact) mass is 226 g/mol. The van der Waals surface area contributed by atoms with E-state index < -0.39 is 0 Å². The topological polar surface area (TPSA) is 38.9 Å². The molecule has 2 heteroatoms. The van der Waals surface area contributed by atoms with Gasteiger partial charge in [0.05, 0.1) is 6.04 Å². The Bertz CT molecular complexity index is 532. The van der Waals surface area contributed by atoms with Gasteiger partial charge in [0.15, 0.2) is 0 Å². The van der Waals surface area contributed by atoms with E-state index in [2.05, 4.69) is 43.1 Å². The van der Waals surface area contributed by atoms with Crippen molar-refractivity contribution in [1.82, 2.24) is 4.98 Å². The summed E-state index contributed by atoms with van der Waals surface area (Å²) in [5, 5.41) is 0. The number of hydrogen-bond donors (Lipinski definition) is 1. The summed E-state index contributed by atoms with van der Waals surface area (Å²) in [4.78, 5) is 4.19. The molecule has 0 saturated carbocycles. The summed E-state index contributed by atoms with van der Waals surface area (Å²) in [6, 6.07) is 8.36. The molecule has 2 nitrogen and oxygen atoms in total. The Hall–Kier alpha value is -1.67. The lowest BCUT2D eigenvalue weighted by Gasteiger charge is -2.14. The molecular weight excluding hydrogens is 208 g/mol. The Labute approximate surface area is 103 Å². The molecule has 1 atom stereocenters. The number of nitrogens with zero attached hydrogens (tertiary/aromatic N) is 1. The Kier molecular flexibility index (Phi) is 3.25. The molecular formula is C15H18N2. The number of hydrogen-bond acceptors (Lipinski definition) is 2. The first-order chi connectivity index (χ1) is 8.08. The van der Waals surface area contributed by atoms with Crippen molar-refractivity contribution in [3.63, 3.8) is 0 Å². The van der Waals surface area contributed by atoms with Crippen molar-refractivity contribution < 1.29 is 0 Å². The lowest BCUT2D eigenvalue weighted by Crippen LogP contribution is -2.12. The summed E-state index contributed by atoms with van der Waals surface area (Å²) >= 11 is 0. The highest BCUT2D eigenvalue weighted by molar-refractivity contribution is 5.36. The first-order valence-electron chi connectivity index (χ1n) is 5.82. The van der Waals surface area contributed by atoms with Crippen LogP contribution in [0.2, 0.25) is 0 Å². The van der Waals surface area contributed by atoms with E-state index in [4.69, 9.17) is 5.73 Å². The molecule has 1 aromatic carbocycles. The molecule has 0 aliphatic rings. The zero-order valence-corrected chi connectivity index (χ0v) is 10.6. The lowest BCUT2D eigenvalue weighted by molar-refractivity contribution is 0.858. The minimum atomic E-state index is -0.0956. The third kappa shape index (κ3) is 2.53. The Morgan fingerprint density at radius 2 is 1.71 bits per heavy atom. The molecule has 0 bridgehead atoms. The maximum absolute atomic E-state index is 6.26. The van der Waals surface area contributed by atoms with Crippen LogP contribution in [0.5, 0.6) is 0 Å². The molecule has 2 aromatic rings. The minimum Gasteiger partial charge on any atom is -0.320 e. The maximum Gasteiger partial charge on any atom is 0.0567 e. The molecule has 1 heterocycles. The second-order valence-corrected chi connectivity index (χ2v) is 4.62. The Balaban J connectivity index is 2.36. The van der Waals surface area contributed by atoms with Gasteiger partial charge in [0.25, 0.3) is 0 Å². The van der Waals surface area contributed by atoms with Gasteiger partial charge in [-0.25, -0.2) is 0 Å². The molecule has 0 radical (unpaired) electrons. The SMILES string of the molecule is Cc1cncc(C(N)c2ccc(C)c(C)c2)c1. The van der Waals surface area contributed by atoms with E-state index in [0.717, 1.165) is 16.7 Å². The largest absolute Gasteiger partial charge is 0.320 e. The van der Waals surface area contributed by atoms with Gasteiger partial charge >= 0.3 is 0 Å². The fourth-order valence-corrected chi connectivity index (χ4v) is 1.90. The number of aryl methyl sites for hydroxylation is 3. The summed E-state index contributed by atoms with van der Waals surface area (Å²) in [7, 11) is 0. The summed E-state index contributed by atoms with van der Waals surface area (Å²) in [6.45, 7) is 6.25. The summed E-state index contributed by atoms with van der Waals surface area (Å²) in [6.07, 6.45) is 3.68. The Morgan fingerprint density at radius 1 is 0.941 bits per heavy atom. The zero-order chi connectivity index (χ0) is 12.4. The van der Waals surface area contributed by atoms with Gasteiger partial charge in [-0.2, -0.15) is 0 Å². The number of pyridine rings is 1. The predicted octanol–water partition coefficient (Wildman–Crippen LogP) is 3.05. The van der Waals surface area contributed by atoms with Crippen LogP contribution in [0.15, 0.2) is 36.7 Å². The van der Waals surface area contributed by atoms with Crippen molar-refractivity contribution in [3.8, 4) is 0 Å². The van der Waals surface area contributed by atoms with Crippen LogP contribution in [0.4, 0.5) is 0 Å². The van der Waals surface area contributed by atoms with Gasteiger partial charge in [0.2, 0.25) is 0 Å². The molecule has 17 heavy (non-hydrogen) atoms. The second kappa shape index (κ2) is 4.68. The van der Waals surface area contributed by atoms with Crippen LogP contribution in [-0.4, -0.2) is 4.98 Å². The highest BCUT2D eigenvalue weighted by Gasteiger charge is 2.10. The average molecular weight is 226 g/mol. The fraction of sp³-hybridized carbons (Fsp3) is 0.267. The quantitative estimate of drug-likeness (QED) is 0.854. The van der Waals surface area contributed by atoms with Gasteiger partial charge in [-0.3, -0.25) is 4.98 Å². The molecule has 0 aliphatic heterocycles. The van der Waals surface area contributed by atoms with Gasteiger partial charge in [-0.15, -0.1) is 0 Å². The van der Waals surface area contributed by atoms with Crippen molar-refractivity contribution in [3.05, 3.63) is 64.5 Å². The molecule has 0 amide bonds.